The summed E-state index contributed by atoms with van der Waals surface area (Å²) in [4.78, 5) is 0. The van der Waals surface area contributed by atoms with Crippen LogP contribution in [-0.2, 0) is 4.43 Å². The van der Waals surface area contributed by atoms with E-state index in [1.54, 1.807) is 0 Å². The van der Waals surface area contributed by atoms with E-state index in [-0.39, 0.29) is 5.60 Å². The molecule has 0 aliphatic heterocycles. The average molecular weight is 174 g/mol. The Bertz CT molecular complexity index is 89.6. The summed E-state index contributed by atoms with van der Waals surface area (Å²) < 4.78 is 5.57. The Kier molecular flexibility index (Phi) is 5.87. The van der Waals surface area contributed by atoms with E-state index in [9.17, 15) is 0 Å². The molecule has 11 heavy (non-hydrogen) atoms. The van der Waals surface area contributed by atoms with Gasteiger partial charge in [-0.2, -0.15) is 0 Å². The van der Waals surface area contributed by atoms with E-state index in [0.29, 0.717) is 0 Å². The molecule has 0 aromatic rings. The molecule has 0 spiro atoms. The van der Waals surface area contributed by atoms with Crippen LogP contribution in [0.25, 0.3) is 0 Å². The molecule has 0 heterocycles. The van der Waals surface area contributed by atoms with Crippen molar-refractivity contribution in [3.8, 4) is 0 Å². The molecule has 1 unspecified atom stereocenters. The van der Waals surface area contributed by atoms with Gasteiger partial charge in [0.2, 0.25) is 0 Å². The monoisotopic (exact) mass is 174 g/mol. The quantitative estimate of drug-likeness (QED) is 0.442. The lowest BCUT2D eigenvalue weighted by atomic mass is 9.96. The van der Waals surface area contributed by atoms with Gasteiger partial charge in [-0.05, 0) is 19.8 Å². The van der Waals surface area contributed by atoms with Crippen LogP contribution in [-0.4, -0.2) is 16.1 Å². The zero-order chi connectivity index (χ0) is 8.74. The minimum absolute atomic E-state index is 0.196. The van der Waals surface area contributed by atoms with E-state index in [2.05, 4.69) is 20.8 Å². The van der Waals surface area contributed by atoms with E-state index in [0.717, 1.165) is 16.9 Å². The molecule has 0 bridgehead atoms. The first-order valence-corrected chi connectivity index (χ1v) is 5.55. The molecule has 0 aliphatic carbocycles. The first-order chi connectivity index (χ1) is 5.18. The van der Waals surface area contributed by atoms with Crippen molar-refractivity contribution in [2.75, 3.05) is 0 Å². The summed E-state index contributed by atoms with van der Waals surface area (Å²) >= 11 is 0. The Morgan fingerprint density at radius 3 is 2.27 bits per heavy atom. The Labute approximate surface area is 74.1 Å². The van der Waals surface area contributed by atoms with Crippen LogP contribution in [0.5, 0.6) is 0 Å². The van der Waals surface area contributed by atoms with Gasteiger partial charge in [0.05, 0.1) is 5.60 Å². The van der Waals surface area contributed by atoms with Gasteiger partial charge in [0.15, 0.2) is 0 Å². The van der Waals surface area contributed by atoms with Crippen LogP contribution < -0.4 is 0 Å². The fraction of sp³-hybridized carbons (Fsp3) is 1.00. The van der Waals surface area contributed by atoms with Crippen molar-refractivity contribution in [1.29, 1.82) is 0 Å². The fourth-order valence-electron chi connectivity index (χ4n) is 1.17. The molecule has 0 radical (unpaired) electrons. The Morgan fingerprint density at radius 1 is 1.27 bits per heavy atom. The van der Waals surface area contributed by atoms with Gasteiger partial charge in [-0.15, -0.1) is 0 Å². The van der Waals surface area contributed by atoms with E-state index in [1.165, 1.54) is 25.7 Å². The van der Waals surface area contributed by atoms with Crippen molar-refractivity contribution in [1.82, 2.24) is 0 Å². The van der Waals surface area contributed by atoms with E-state index >= 15 is 0 Å². The van der Waals surface area contributed by atoms with Crippen molar-refractivity contribution in [2.24, 2.45) is 0 Å². The van der Waals surface area contributed by atoms with Gasteiger partial charge in [0, 0.05) is 0 Å². The molecule has 0 amide bonds. The Balaban J connectivity index is 3.51. The predicted octanol–water partition coefficient (Wildman–Crippen LogP) is 2.03. The maximum atomic E-state index is 5.57. The molecule has 0 saturated carbocycles. The molecule has 0 aromatic heterocycles. The summed E-state index contributed by atoms with van der Waals surface area (Å²) in [5.41, 5.74) is 0.196. The van der Waals surface area contributed by atoms with Gasteiger partial charge in [-0.1, -0.05) is 33.1 Å². The van der Waals surface area contributed by atoms with Crippen LogP contribution in [0.15, 0.2) is 0 Å². The molecule has 0 rings (SSSR count). The van der Waals surface area contributed by atoms with E-state index in [1.807, 2.05) is 0 Å². The molecule has 1 nitrogen and oxygen atoms in total. The molecule has 0 saturated heterocycles. The zero-order valence-corrected chi connectivity index (χ0v) is 10.4. The summed E-state index contributed by atoms with van der Waals surface area (Å²) in [5.74, 6) is 0. The van der Waals surface area contributed by atoms with Gasteiger partial charge >= 0.3 is 0 Å². The third kappa shape index (κ3) is 4.59. The first kappa shape index (κ1) is 11.2. The molecule has 2 heteroatoms. The molecule has 0 fully saturated rings. The van der Waals surface area contributed by atoms with Crippen molar-refractivity contribution in [3.05, 3.63) is 0 Å². The Hall–Kier alpha value is 0.177. The highest BCUT2D eigenvalue weighted by Crippen LogP contribution is 2.21. The standard InChI is InChI=1S/C9H22OSi/c1-4-6-7-8-9(3,5-2)10-11/h4-8H2,1-3,11H3. The van der Waals surface area contributed by atoms with E-state index < -0.39 is 0 Å². The summed E-state index contributed by atoms with van der Waals surface area (Å²) in [6.45, 7) is 6.68. The van der Waals surface area contributed by atoms with Crippen LogP contribution in [0.4, 0.5) is 0 Å². The van der Waals surface area contributed by atoms with Crippen molar-refractivity contribution in [2.45, 2.75) is 58.5 Å². The number of unbranched alkanes of at least 4 members (excludes halogenated alkanes) is 2. The number of hydrogen-bond donors (Lipinski definition) is 0. The molecule has 1 atom stereocenters. The lowest BCUT2D eigenvalue weighted by molar-refractivity contribution is 0.0834. The SMILES string of the molecule is CCCCCC(C)(CC)O[SiH3]. The first-order valence-electron chi connectivity index (χ1n) is 4.73. The third-order valence-corrected chi connectivity index (χ3v) is 3.54. The second-order valence-electron chi connectivity index (χ2n) is 3.46. The van der Waals surface area contributed by atoms with Gasteiger partial charge < -0.3 is 4.43 Å². The minimum Gasteiger partial charge on any atom is -0.423 e. The van der Waals surface area contributed by atoms with Crippen molar-refractivity contribution in [3.63, 3.8) is 0 Å². The maximum Gasteiger partial charge on any atom is 0.146 e. The lowest BCUT2D eigenvalue weighted by Crippen LogP contribution is -2.26. The Morgan fingerprint density at radius 2 is 1.91 bits per heavy atom. The third-order valence-electron chi connectivity index (χ3n) is 2.55. The molecule has 0 aromatic carbocycles. The molecule has 68 valence electrons. The van der Waals surface area contributed by atoms with Crippen LogP contribution in [0, 0.1) is 0 Å². The highest BCUT2D eigenvalue weighted by atomic mass is 28.2. The van der Waals surface area contributed by atoms with Gasteiger partial charge in [0.1, 0.15) is 10.5 Å². The van der Waals surface area contributed by atoms with Gasteiger partial charge in [-0.25, -0.2) is 0 Å². The maximum absolute atomic E-state index is 5.57. The summed E-state index contributed by atoms with van der Waals surface area (Å²) in [6, 6.07) is 0. The van der Waals surface area contributed by atoms with Crippen LogP contribution >= 0.6 is 0 Å². The molecule has 0 aliphatic rings. The van der Waals surface area contributed by atoms with Crippen molar-refractivity contribution >= 4 is 10.5 Å². The number of rotatable bonds is 6. The van der Waals surface area contributed by atoms with Crippen LogP contribution in [0.1, 0.15) is 52.9 Å². The second-order valence-corrected chi connectivity index (χ2v) is 3.87. The average Bonchev–Trinajstić information content (AvgIpc) is 2.05. The fourth-order valence-corrected chi connectivity index (χ4v) is 1.66. The lowest BCUT2D eigenvalue weighted by Gasteiger charge is -2.27. The van der Waals surface area contributed by atoms with Gasteiger partial charge in [-0.3, -0.25) is 0 Å². The van der Waals surface area contributed by atoms with E-state index in [4.69, 9.17) is 4.43 Å². The molecular formula is C9H22OSi. The van der Waals surface area contributed by atoms with Crippen molar-refractivity contribution < 1.29 is 4.43 Å². The smallest absolute Gasteiger partial charge is 0.146 e. The highest BCUT2D eigenvalue weighted by molar-refractivity contribution is 5.98. The number of hydrogen-bond acceptors (Lipinski definition) is 1. The highest BCUT2D eigenvalue weighted by Gasteiger charge is 2.18. The molecular weight excluding hydrogens is 152 g/mol. The predicted molar refractivity (Wildman–Crippen MR) is 53.9 cm³/mol. The van der Waals surface area contributed by atoms with Crippen LogP contribution in [0.2, 0.25) is 0 Å². The summed E-state index contributed by atoms with van der Waals surface area (Å²) in [6.07, 6.45) is 6.37. The minimum atomic E-state index is 0.196. The zero-order valence-electron chi connectivity index (χ0n) is 8.44. The normalized spacial score (nSPS) is 16.6. The van der Waals surface area contributed by atoms with Gasteiger partial charge in [0.25, 0.3) is 0 Å². The largest absolute Gasteiger partial charge is 0.423 e. The topological polar surface area (TPSA) is 9.23 Å². The molecule has 0 N–H and O–H groups in total. The summed E-state index contributed by atoms with van der Waals surface area (Å²) in [5, 5.41) is 0. The second kappa shape index (κ2) is 5.78. The summed E-state index contributed by atoms with van der Waals surface area (Å²) in [7, 11) is 0.875. The van der Waals surface area contributed by atoms with Crippen LogP contribution in [0.3, 0.4) is 0 Å².